The molecule has 0 heterocycles. The maximum absolute atomic E-state index is 10.2. The van der Waals surface area contributed by atoms with E-state index in [1.807, 2.05) is 13.0 Å². The van der Waals surface area contributed by atoms with E-state index in [1.165, 1.54) is 0 Å². The maximum Gasteiger partial charge on any atom is 0.0658 e. The third-order valence-corrected chi connectivity index (χ3v) is 1.80. The Morgan fingerprint density at radius 3 is 2.70 bits per heavy atom. The molecular weight excluding hydrogens is 150 g/mol. The zero-order valence-electron chi connectivity index (χ0n) is 5.52. The van der Waals surface area contributed by atoms with Gasteiger partial charge < -0.3 is 10.7 Å². The van der Waals surface area contributed by atoms with Crippen molar-refractivity contribution >= 4 is 17.3 Å². The number of aryl methyl sites for hydroxylation is 1. The Hall–Kier alpha value is -0.730. The van der Waals surface area contributed by atoms with Gasteiger partial charge in [-0.05, 0) is 18.6 Å². The lowest BCUT2D eigenvalue weighted by Gasteiger charge is -2.11. The summed E-state index contributed by atoms with van der Waals surface area (Å²) < 4.78 is 0. The monoisotopic (exact) mass is 156 g/mol. The molecular formula is C7H7ClNO-. The molecule has 1 rings (SSSR count). The topological polar surface area (TPSA) is 35.1 Å². The summed E-state index contributed by atoms with van der Waals surface area (Å²) >= 11 is 5.73. The Morgan fingerprint density at radius 2 is 2.20 bits per heavy atom. The minimum Gasteiger partial charge on any atom is -0.761 e. The van der Waals surface area contributed by atoms with Crippen molar-refractivity contribution in [1.82, 2.24) is 0 Å². The molecule has 0 amide bonds. The number of hydrogen-bond donors (Lipinski definition) is 1. The van der Waals surface area contributed by atoms with Gasteiger partial charge in [0.05, 0.1) is 5.02 Å². The number of halogens is 1. The molecule has 0 atom stereocenters. The molecule has 10 heavy (non-hydrogen) atoms. The normalized spacial score (nSPS) is 9.50. The summed E-state index contributed by atoms with van der Waals surface area (Å²) in [7, 11) is 0. The number of nitrogens with one attached hydrogen (secondary N) is 1. The van der Waals surface area contributed by atoms with Crippen LogP contribution < -0.4 is 5.48 Å². The van der Waals surface area contributed by atoms with Crippen LogP contribution in [0.3, 0.4) is 0 Å². The molecule has 0 saturated heterocycles. The van der Waals surface area contributed by atoms with Crippen LogP contribution in [0.4, 0.5) is 5.69 Å². The molecule has 0 aliphatic carbocycles. The molecule has 0 aliphatic rings. The Bertz CT molecular complexity index is 237. The van der Waals surface area contributed by atoms with Gasteiger partial charge in [0.1, 0.15) is 0 Å². The van der Waals surface area contributed by atoms with E-state index in [2.05, 4.69) is 0 Å². The highest BCUT2D eigenvalue weighted by Gasteiger charge is 1.96. The fourth-order valence-electron chi connectivity index (χ4n) is 0.726. The average Bonchev–Trinajstić information content (AvgIpc) is 1.95. The van der Waals surface area contributed by atoms with Crippen LogP contribution in [-0.4, -0.2) is 0 Å². The van der Waals surface area contributed by atoms with E-state index in [0.717, 1.165) is 5.56 Å². The summed E-state index contributed by atoms with van der Waals surface area (Å²) in [5.41, 5.74) is 3.09. The van der Waals surface area contributed by atoms with Gasteiger partial charge in [-0.25, -0.2) is 0 Å². The van der Waals surface area contributed by atoms with Crippen LogP contribution in [0.2, 0.25) is 5.02 Å². The van der Waals surface area contributed by atoms with Crippen LogP contribution in [0.1, 0.15) is 5.56 Å². The molecule has 0 fully saturated rings. The predicted molar refractivity (Wildman–Crippen MR) is 43.2 cm³/mol. The van der Waals surface area contributed by atoms with E-state index in [-0.39, 0.29) is 0 Å². The minimum absolute atomic E-state index is 0.432. The Morgan fingerprint density at radius 1 is 1.50 bits per heavy atom. The van der Waals surface area contributed by atoms with Crippen molar-refractivity contribution in [3.05, 3.63) is 34.0 Å². The smallest absolute Gasteiger partial charge is 0.0658 e. The molecule has 1 aromatic carbocycles. The molecule has 54 valence electrons. The van der Waals surface area contributed by atoms with Gasteiger partial charge >= 0.3 is 0 Å². The molecule has 0 aliphatic heterocycles. The highest BCUT2D eigenvalue weighted by atomic mass is 35.5. The van der Waals surface area contributed by atoms with E-state index in [9.17, 15) is 5.21 Å². The van der Waals surface area contributed by atoms with Crippen LogP contribution in [0.15, 0.2) is 18.2 Å². The van der Waals surface area contributed by atoms with Crippen molar-refractivity contribution < 1.29 is 0 Å². The fourth-order valence-corrected chi connectivity index (χ4v) is 0.891. The number of hydrogen-bond acceptors (Lipinski definition) is 2. The molecule has 0 spiro atoms. The molecule has 0 radical (unpaired) electrons. The molecule has 2 nitrogen and oxygen atoms in total. The average molecular weight is 157 g/mol. The highest BCUT2D eigenvalue weighted by Crippen LogP contribution is 2.24. The minimum atomic E-state index is 0.432. The molecule has 0 unspecified atom stereocenters. The summed E-state index contributed by atoms with van der Waals surface area (Å²) in [6.45, 7) is 1.85. The summed E-state index contributed by atoms with van der Waals surface area (Å²) in [6, 6.07) is 5.27. The van der Waals surface area contributed by atoms with Crippen molar-refractivity contribution in [1.29, 1.82) is 0 Å². The molecule has 0 saturated carbocycles. The van der Waals surface area contributed by atoms with E-state index in [4.69, 9.17) is 11.6 Å². The summed E-state index contributed by atoms with van der Waals surface area (Å²) in [4.78, 5) is 0. The quantitative estimate of drug-likeness (QED) is 0.635. The van der Waals surface area contributed by atoms with Crippen LogP contribution in [0.25, 0.3) is 0 Å². The van der Waals surface area contributed by atoms with Gasteiger partial charge in [-0.1, -0.05) is 23.7 Å². The van der Waals surface area contributed by atoms with E-state index in [0.29, 0.717) is 10.7 Å². The lowest BCUT2D eigenvalue weighted by molar-refractivity contribution is 1.46. The van der Waals surface area contributed by atoms with Gasteiger partial charge in [-0.3, -0.25) is 0 Å². The van der Waals surface area contributed by atoms with Crippen LogP contribution in [-0.2, 0) is 0 Å². The third kappa shape index (κ3) is 1.23. The zero-order valence-corrected chi connectivity index (χ0v) is 6.27. The third-order valence-electron chi connectivity index (χ3n) is 1.30. The second-order valence-corrected chi connectivity index (χ2v) is 2.42. The summed E-state index contributed by atoms with van der Waals surface area (Å²) in [5.74, 6) is 0. The second-order valence-electron chi connectivity index (χ2n) is 2.04. The Balaban J connectivity index is 3.14. The lowest BCUT2D eigenvalue weighted by atomic mass is 10.2. The SMILES string of the molecule is Cc1cccc(N[O-])c1Cl. The van der Waals surface area contributed by atoms with Crippen molar-refractivity contribution in [3.63, 3.8) is 0 Å². The second kappa shape index (κ2) is 2.90. The zero-order chi connectivity index (χ0) is 7.56. The molecule has 3 heteroatoms. The summed E-state index contributed by atoms with van der Waals surface area (Å²) in [5, 5.41) is 10.7. The first-order valence-electron chi connectivity index (χ1n) is 2.89. The van der Waals surface area contributed by atoms with E-state index in [1.54, 1.807) is 17.6 Å². The van der Waals surface area contributed by atoms with E-state index >= 15 is 0 Å². The first-order valence-corrected chi connectivity index (χ1v) is 3.27. The Kier molecular flexibility index (Phi) is 2.14. The molecule has 0 bridgehead atoms. The van der Waals surface area contributed by atoms with Crippen molar-refractivity contribution in [3.8, 4) is 0 Å². The van der Waals surface area contributed by atoms with Crippen LogP contribution >= 0.6 is 11.6 Å². The fraction of sp³-hybridized carbons (Fsp3) is 0.143. The highest BCUT2D eigenvalue weighted by molar-refractivity contribution is 6.34. The van der Waals surface area contributed by atoms with Gasteiger partial charge in [0, 0.05) is 5.69 Å². The molecule has 1 N–H and O–H groups in total. The standard InChI is InChI=1S/C7H7ClNO/c1-5-3-2-4-6(9-10)7(5)8/h2-4,9H,1H3/q-1. The van der Waals surface area contributed by atoms with Crippen LogP contribution in [0, 0.1) is 12.1 Å². The van der Waals surface area contributed by atoms with Crippen LogP contribution in [0.5, 0.6) is 0 Å². The predicted octanol–water partition coefficient (Wildman–Crippen LogP) is 2.56. The van der Waals surface area contributed by atoms with Crippen molar-refractivity contribution in [2.24, 2.45) is 0 Å². The van der Waals surface area contributed by atoms with Crippen molar-refractivity contribution in [2.45, 2.75) is 6.92 Å². The van der Waals surface area contributed by atoms with Gasteiger partial charge in [-0.15, -0.1) is 0 Å². The summed E-state index contributed by atoms with van der Waals surface area (Å²) in [6.07, 6.45) is 0. The molecule has 0 aromatic heterocycles. The lowest BCUT2D eigenvalue weighted by Crippen LogP contribution is -1.87. The number of anilines is 1. The number of benzene rings is 1. The van der Waals surface area contributed by atoms with Crippen molar-refractivity contribution in [2.75, 3.05) is 5.48 Å². The maximum atomic E-state index is 10.2. The van der Waals surface area contributed by atoms with E-state index < -0.39 is 0 Å². The van der Waals surface area contributed by atoms with Gasteiger partial charge in [0.2, 0.25) is 0 Å². The Labute approximate surface area is 64.4 Å². The van der Waals surface area contributed by atoms with Gasteiger partial charge in [-0.2, -0.15) is 0 Å². The first kappa shape index (κ1) is 7.38. The number of rotatable bonds is 1. The largest absolute Gasteiger partial charge is 0.761 e. The van der Waals surface area contributed by atoms with Gasteiger partial charge in [0.15, 0.2) is 0 Å². The van der Waals surface area contributed by atoms with Gasteiger partial charge in [0.25, 0.3) is 0 Å². The first-order chi connectivity index (χ1) is 4.75. The molecule has 1 aromatic rings.